The van der Waals surface area contributed by atoms with Crippen LogP contribution in [0.2, 0.25) is 0 Å². The molecule has 1 aromatic carbocycles. The van der Waals surface area contributed by atoms with Crippen molar-refractivity contribution >= 4 is 11.6 Å². The molecule has 0 aliphatic carbocycles. The van der Waals surface area contributed by atoms with Gasteiger partial charge in [-0.25, -0.2) is 8.78 Å². The molecule has 1 aliphatic heterocycles. The summed E-state index contributed by atoms with van der Waals surface area (Å²) >= 11 is 0. The van der Waals surface area contributed by atoms with Crippen LogP contribution < -0.4 is 4.90 Å². The number of carbonyl (C=O) groups excluding carboxylic acids is 1. The van der Waals surface area contributed by atoms with E-state index in [2.05, 4.69) is 0 Å². The molecular formula is C23H36F2N2O5. The summed E-state index contributed by atoms with van der Waals surface area (Å²) in [6.45, 7) is 5.81. The Balaban J connectivity index is 1.89. The number of hydrogen-bond donors (Lipinski definition) is 4. The van der Waals surface area contributed by atoms with Crippen LogP contribution in [0.4, 0.5) is 14.5 Å². The molecule has 1 fully saturated rings. The van der Waals surface area contributed by atoms with Crippen LogP contribution in [0.15, 0.2) is 18.2 Å². The van der Waals surface area contributed by atoms with Gasteiger partial charge < -0.3 is 25.3 Å². The minimum absolute atomic E-state index is 0.0643. The van der Waals surface area contributed by atoms with Crippen molar-refractivity contribution in [3.05, 3.63) is 29.8 Å². The molecule has 1 heterocycles. The van der Waals surface area contributed by atoms with Crippen LogP contribution in [0.25, 0.3) is 0 Å². The van der Waals surface area contributed by atoms with Crippen LogP contribution in [0, 0.1) is 17.0 Å². The lowest BCUT2D eigenvalue weighted by molar-refractivity contribution is -0.145. The summed E-state index contributed by atoms with van der Waals surface area (Å²) < 4.78 is 28.0. The third kappa shape index (κ3) is 6.68. The van der Waals surface area contributed by atoms with Crippen molar-refractivity contribution in [2.24, 2.45) is 5.41 Å². The molecule has 0 aromatic heterocycles. The molecule has 0 radical (unpaired) electrons. The van der Waals surface area contributed by atoms with E-state index in [0.717, 1.165) is 31.0 Å². The van der Waals surface area contributed by atoms with E-state index >= 15 is 0 Å². The van der Waals surface area contributed by atoms with Crippen molar-refractivity contribution in [1.82, 2.24) is 4.90 Å². The number of hydrogen-bond acceptors (Lipinski definition) is 6. The molecule has 2 rings (SSSR count). The minimum atomic E-state index is -1.28. The summed E-state index contributed by atoms with van der Waals surface area (Å²) in [4.78, 5) is 15.9. The molecule has 1 aromatic rings. The lowest BCUT2D eigenvalue weighted by Gasteiger charge is -2.43. The number of piperidine rings is 1. The average Bonchev–Trinajstić information content (AvgIpc) is 2.72. The first kappa shape index (κ1) is 26.6. The lowest BCUT2D eigenvalue weighted by atomic mass is 9.93. The number of amides is 1. The Hall–Kier alpha value is -1.65. The first-order valence-electron chi connectivity index (χ1n) is 11.1. The molecule has 1 aliphatic rings. The van der Waals surface area contributed by atoms with Gasteiger partial charge in [0.25, 0.3) is 0 Å². The maximum Gasteiger partial charge on any atom is 0.232 e. The van der Waals surface area contributed by atoms with Crippen LogP contribution in [0.3, 0.4) is 0 Å². The lowest BCUT2D eigenvalue weighted by Crippen LogP contribution is -2.62. The molecule has 4 N–H and O–H groups in total. The summed E-state index contributed by atoms with van der Waals surface area (Å²) in [7, 11) is 0. The third-order valence-corrected chi connectivity index (χ3v) is 5.88. The number of aliphatic hydroxyl groups excluding tert-OH is 4. The average molecular weight is 459 g/mol. The zero-order chi connectivity index (χ0) is 24.1. The summed E-state index contributed by atoms with van der Waals surface area (Å²) in [5.74, 6) is -1.55. The first-order chi connectivity index (χ1) is 15.0. The zero-order valence-electron chi connectivity index (χ0n) is 19.0. The van der Waals surface area contributed by atoms with E-state index in [0.29, 0.717) is 19.4 Å². The zero-order valence-corrected chi connectivity index (χ0v) is 19.0. The second-order valence-corrected chi connectivity index (χ2v) is 9.51. The van der Waals surface area contributed by atoms with Gasteiger partial charge >= 0.3 is 0 Å². The predicted molar refractivity (Wildman–Crippen MR) is 117 cm³/mol. The SMILES string of the molecule is CC(C)(C)C(=O)N(CCCCCCN1C[C@H](O)[C@@H](O)[C@H](O)[C@H]1CO)c1cc(F)ccc1F. The molecule has 0 unspecified atom stereocenters. The number of unbranched alkanes of at least 4 members (excludes halogenated alkanes) is 3. The number of likely N-dealkylation sites (tertiary alicyclic amines) is 1. The summed E-state index contributed by atoms with van der Waals surface area (Å²) in [5, 5.41) is 39.2. The van der Waals surface area contributed by atoms with Gasteiger partial charge in [0, 0.05) is 24.6 Å². The normalized spacial score (nSPS) is 24.5. The Labute approximate surface area is 188 Å². The van der Waals surface area contributed by atoms with Gasteiger partial charge in [-0.05, 0) is 31.5 Å². The van der Waals surface area contributed by atoms with E-state index in [4.69, 9.17) is 0 Å². The molecular weight excluding hydrogens is 422 g/mol. The van der Waals surface area contributed by atoms with Gasteiger partial charge in [-0.15, -0.1) is 0 Å². The van der Waals surface area contributed by atoms with E-state index in [1.807, 2.05) is 0 Å². The quantitative estimate of drug-likeness (QED) is 0.420. The number of halogens is 2. The van der Waals surface area contributed by atoms with Crippen LogP contribution in [-0.4, -0.2) is 81.8 Å². The molecule has 1 saturated heterocycles. The van der Waals surface area contributed by atoms with Crippen molar-refractivity contribution in [1.29, 1.82) is 0 Å². The van der Waals surface area contributed by atoms with Crippen molar-refractivity contribution in [3.63, 3.8) is 0 Å². The standard InChI is InChI=1S/C23H36F2N2O5/c1-23(2,3)22(32)27(17-12-15(24)8-9-16(17)25)11-7-5-4-6-10-26-13-19(29)21(31)20(30)18(26)14-28/h8-9,12,18-21,28-31H,4-7,10-11,13-14H2,1-3H3/t18-,19+,20-,21-/m1/s1. The summed E-state index contributed by atoms with van der Waals surface area (Å²) in [6, 6.07) is 2.44. The number of rotatable bonds is 9. The van der Waals surface area contributed by atoms with Crippen LogP contribution in [0.1, 0.15) is 46.5 Å². The van der Waals surface area contributed by atoms with Gasteiger partial charge in [0.2, 0.25) is 5.91 Å². The Morgan fingerprint density at radius 1 is 1.09 bits per heavy atom. The Kier molecular flexibility index (Phi) is 9.53. The maximum absolute atomic E-state index is 14.3. The van der Waals surface area contributed by atoms with Gasteiger partial charge in [-0.1, -0.05) is 33.6 Å². The van der Waals surface area contributed by atoms with E-state index in [1.165, 1.54) is 4.90 Å². The number of benzene rings is 1. The maximum atomic E-state index is 14.3. The number of β-amino-alcohol motifs (C(OH)–C–C–N with tert-alkyl or cyclic N) is 1. The smallest absolute Gasteiger partial charge is 0.232 e. The van der Waals surface area contributed by atoms with E-state index in [9.17, 15) is 34.0 Å². The third-order valence-electron chi connectivity index (χ3n) is 5.88. The topological polar surface area (TPSA) is 104 Å². The number of aliphatic hydroxyl groups is 4. The fraction of sp³-hybridized carbons (Fsp3) is 0.696. The largest absolute Gasteiger partial charge is 0.395 e. The van der Waals surface area contributed by atoms with E-state index in [-0.39, 0.29) is 31.3 Å². The predicted octanol–water partition coefficient (Wildman–Crippen LogP) is 1.66. The van der Waals surface area contributed by atoms with Crippen LogP contribution in [-0.2, 0) is 4.79 Å². The van der Waals surface area contributed by atoms with Crippen molar-refractivity contribution in [2.75, 3.05) is 31.1 Å². The van der Waals surface area contributed by atoms with Crippen molar-refractivity contribution in [3.8, 4) is 0 Å². The molecule has 4 atom stereocenters. The second-order valence-electron chi connectivity index (χ2n) is 9.51. The molecule has 1 amide bonds. The Morgan fingerprint density at radius 2 is 1.75 bits per heavy atom. The molecule has 0 spiro atoms. The fourth-order valence-electron chi connectivity index (χ4n) is 4.00. The highest BCUT2D eigenvalue weighted by Crippen LogP contribution is 2.27. The first-order valence-corrected chi connectivity index (χ1v) is 11.1. The summed E-state index contributed by atoms with van der Waals surface area (Å²) in [6.07, 6.45) is -0.771. The minimum Gasteiger partial charge on any atom is -0.395 e. The molecule has 7 nitrogen and oxygen atoms in total. The monoisotopic (exact) mass is 458 g/mol. The van der Waals surface area contributed by atoms with Crippen LogP contribution in [0.5, 0.6) is 0 Å². The van der Waals surface area contributed by atoms with E-state index in [1.54, 1.807) is 25.7 Å². The highest BCUT2D eigenvalue weighted by Gasteiger charge is 2.40. The van der Waals surface area contributed by atoms with Crippen molar-refractivity contribution < 1.29 is 34.0 Å². The number of anilines is 1. The fourth-order valence-corrected chi connectivity index (χ4v) is 4.00. The number of carbonyl (C=O) groups is 1. The highest BCUT2D eigenvalue weighted by atomic mass is 19.1. The van der Waals surface area contributed by atoms with Gasteiger partial charge in [-0.2, -0.15) is 0 Å². The highest BCUT2D eigenvalue weighted by molar-refractivity contribution is 5.97. The van der Waals surface area contributed by atoms with Gasteiger partial charge in [0.05, 0.1) is 24.4 Å². The second kappa shape index (κ2) is 11.5. The Morgan fingerprint density at radius 3 is 2.38 bits per heavy atom. The van der Waals surface area contributed by atoms with Gasteiger partial charge in [-0.3, -0.25) is 9.69 Å². The molecule has 0 bridgehead atoms. The molecule has 0 saturated carbocycles. The van der Waals surface area contributed by atoms with Gasteiger partial charge in [0.15, 0.2) is 0 Å². The molecule has 9 heteroatoms. The van der Waals surface area contributed by atoms with Crippen molar-refractivity contribution in [2.45, 2.75) is 70.8 Å². The number of nitrogens with zero attached hydrogens (tertiary/aromatic N) is 2. The summed E-state index contributed by atoms with van der Waals surface area (Å²) in [5.41, 5.74) is -0.816. The van der Waals surface area contributed by atoms with Crippen LogP contribution >= 0.6 is 0 Å². The van der Waals surface area contributed by atoms with E-state index < -0.39 is 41.4 Å². The Bertz CT molecular complexity index is 758. The van der Waals surface area contributed by atoms with Gasteiger partial charge in [0.1, 0.15) is 23.8 Å². The molecule has 32 heavy (non-hydrogen) atoms. The molecule has 182 valence electrons.